The molecule has 0 spiro atoms. The van der Waals surface area contributed by atoms with E-state index in [0.717, 1.165) is 36.8 Å². The molecule has 4 nitrogen and oxygen atoms in total. The van der Waals surface area contributed by atoms with Gasteiger partial charge in [0.2, 0.25) is 5.89 Å². The lowest BCUT2D eigenvalue weighted by Crippen LogP contribution is -2.24. The zero-order valence-corrected chi connectivity index (χ0v) is 12.9. The second-order valence-corrected chi connectivity index (χ2v) is 6.16. The molecule has 0 aliphatic carbocycles. The highest BCUT2D eigenvalue weighted by atomic mass is 16.5. The molecule has 112 valence electrons. The van der Waals surface area contributed by atoms with Gasteiger partial charge in [-0.3, -0.25) is 0 Å². The van der Waals surface area contributed by atoms with E-state index in [4.69, 9.17) is 9.15 Å². The van der Waals surface area contributed by atoms with Gasteiger partial charge in [-0.15, -0.1) is 0 Å². The highest BCUT2D eigenvalue weighted by Gasteiger charge is 2.29. The molecule has 0 atom stereocenters. The summed E-state index contributed by atoms with van der Waals surface area (Å²) in [6, 6.07) is 6.41. The SMILES string of the molecule is CCc1cnc(CNCc2ccc3c(c2)CC(C)(C)O3)o1. The highest BCUT2D eigenvalue weighted by molar-refractivity contribution is 5.41. The van der Waals surface area contributed by atoms with Gasteiger partial charge in [-0.05, 0) is 31.0 Å². The minimum absolute atomic E-state index is 0.0803. The van der Waals surface area contributed by atoms with E-state index in [9.17, 15) is 0 Å². The van der Waals surface area contributed by atoms with Crippen LogP contribution < -0.4 is 10.1 Å². The summed E-state index contributed by atoms with van der Waals surface area (Å²) in [6.07, 6.45) is 3.65. The van der Waals surface area contributed by atoms with Crippen molar-refractivity contribution in [2.45, 2.75) is 52.3 Å². The Kier molecular flexibility index (Phi) is 3.72. The van der Waals surface area contributed by atoms with Crippen molar-refractivity contribution in [2.24, 2.45) is 0 Å². The van der Waals surface area contributed by atoms with Crippen LogP contribution in [0.4, 0.5) is 0 Å². The summed E-state index contributed by atoms with van der Waals surface area (Å²) in [5.74, 6) is 2.70. The van der Waals surface area contributed by atoms with Crippen LogP contribution in [0.3, 0.4) is 0 Å². The molecule has 0 bridgehead atoms. The van der Waals surface area contributed by atoms with Crippen molar-refractivity contribution in [3.63, 3.8) is 0 Å². The van der Waals surface area contributed by atoms with Gasteiger partial charge in [0.1, 0.15) is 17.1 Å². The maximum Gasteiger partial charge on any atom is 0.208 e. The van der Waals surface area contributed by atoms with E-state index in [2.05, 4.69) is 49.3 Å². The van der Waals surface area contributed by atoms with Crippen molar-refractivity contribution < 1.29 is 9.15 Å². The molecule has 0 radical (unpaired) electrons. The third-order valence-corrected chi connectivity index (χ3v) is 3.68. The van der Waals surface area contributed by atoms with Crippen molar-refractivity contribution >= 4 is 0 Å². The van der Waals surface area contributed by atoms with Crippen LogP contribution in [0, 0.1) is 0 Å². The molecular formula is C17H22N2O2. The Balaban J connectivity index is 1.57. The van der Waals surface area contributed by atoms with E-state index in [1.54, 1.807) is 6.20 Å². The van der Waals surface area contributed by atoms with Crippen molar-refractivity contribution in [3.05, 3.63) is 47.2 Å². The van der Waals surface area contributed by atoms with Gasteiger partial charge in [-0.2, -0.15) is 0 Å². The van der Waals surface area contributed by atoms with Crippen LogP contribution in [0.2, 0.25) is 0 Å². The second kappa shape index (κ2) is 5.53. The fraction of sp³-hybridized carbons (Fsp3) is 0.471. The normalized spacial score (nSPS) is 15.8. The minimum atomic E-state index is -0.0803. The van der Waals surface area contributed by atoms with Gasteiger partial charge < -0.3 is 14.5 Å². The Hall–Kier alpha value is -1.81. The van der Waals surface area contributed by atoms with Crippen LogP contribution in [0.1, 0.15) is 43.5 Å². The molecule has 1 aromatic carbocycles. The molecule has 2 aromatic rings. The first-order valence-corrected chi connectivity index (χ1v) is 7.51. The minimum Gasteiger partial charge on any atom is -0.487 e. The summed E-state index contributed by atoms with van der Waals surface area (Å²) in [5.41, 5.74) is 2.48. The Labute approximate surface area is 125 Å². The molecule has 0 saturated heterocycles. The second-order valence-electron chi connectivity index (χ2n) is 6.16. The number of aromatic nitrogens is 1. The third-order valence-electron chi connectivity index (χ3n) is 3.68. The molecule has 1 aliphatic rings. The smallest absolute Gasteiger partial charge is 0.208 e. The summed E-state index contributed by atoms with van der Waals surface area (Å²) in [4.78, 5) is 4.25. The summed E-state index contributed by atoms with van der Waals surface area (Å²) >= 11 is 0. The number of nitrogens with one attached hydrogen (secondary N) is 1. The average molecular weight is 286 g/mol. The van der Waals surface area contributed by atoms with Gasteiger partial charge >= 0.3 is 0 Å². The zero-order chi connectivity index (χ0) is 14.9. The van der Waals surface area contributed by atoms with E-state index < -0.39 is 0 Å². The Bertz CT molecular complexity index is 631. The van der Waals surface area contributed by atoms with Crippen LogP contribution in [0.5, 0.6) is 5.75 Å². The first-order valence-electron chi connectivity index (χ1n) is 7.51. The van der Waals surface area contributed by atoms with E-state index in [0.29, 0.717) is 6.54 Å². The fourth-order valence-electron chi connectivity index (χ4n) is 2.68. The number of oxazole rings is 1. The largest absolute Gasteiger partial charge is 0.487 e. The van der Waals surface area contributed by atoms with Crippen molar-refractivity contribution in [1.82, 2.24) is 10.3 Å². The molecule has 0 saturated carbocycles. The maximum atomic E-state index is 5.89. The number of hydrogen-bond acceptors (Lipinski definition) is 4. The lowest BCUT2D eigenvalue weighted by molar-refractivity contribution is 0.138. The number of ether oxygens (including phenoxy) is 1. The Morgan fingerprint density at radius 2 is 2.14 bits per heavy atom. The average Bonchev–Trinajstić information content (AvgIpc) is 3.00. The van der Waals surface area contributed by atoms with E-state index in [-0.39, 0.29) is 5.60 Å². The summed E-state index contributed by atoms with van der Waals surface area (Å²) in [7, 11) is 0. The van der Waals surface area contributed by atoms with Crippen molar-refractivity contribution in [2.75, 3.05) is 0 Å². The van der Waals surface area contributed by atoms with Crippen LogP contribution in [0.15, 0.2) is 28.8 Å². The van der Waals surface area contributed by atoms with Gasteiger partial charge in [0.05, 0.1) is 12.7 Å². The fourth-order valence-corrected chi connectivity index (χ4v) is 2.68. The Morgan fingerprint density at radius 1 is 1.29 bits per heavy atom. The first kappa shape index (κ1) is 14.1. The lowest BCUT2D eigenvalue weighted by Gasteiger charge is -2.16. The van der Waals surface area contributed by atoms with E-state index >= 15 is 0 Å². The third kappa shape index (κ3) is 3.27. The lowest BCUT2D eigenvalue weighted by atomic mass is 10.0. The topological polar surface area (TPSA) is 47.3 Å². The summed E-state index contributed by atoms with van der Waals surface area (Å²) in [5, 5.41) is 3.37. The molecule has 21 heavy (non-hydrogen) atoms. The van der Waals surface area contributed by atoms with Crippen molar-refractivity contribution in [3.8, 4) is 5.75 Å². The number of benzene rings is 1. The van der Waals surface area contributed by atoms with Gasteiger partial charge in [0.25, 0.3) is 0 Å². The standard InChI is InChI=1S/C17H22N2O2/c1-4-14-10-19-16(20-14)11-18-9-12-5-6-15-13(7-12)8-17(2,3)21-15/h5-7,10,18H,4,8-9,11H2,1-3H3. The van der Waals surface area contributed by atoms with Crippen LogP contribution in [-0.4, -0.2) is 10.6 Å². The molecule has 2 heterocycles. The summed E-state index contributed by atoms with van der Waals surface area (Å²) < 4.78 is 11.5. The maximum absolute atomic E-state index is 5.89. The first-order chi connectivity index (χ1) is 10.1. The molecular weight excluding hydrogens is 264 g/mol. The predicted molar refractivity (Wildman–Crippen MR) is 81.3 cm³/mol. The number of hydrogen-bond donors (Lipinski definition) is 1. The molecule has 1 N–H and O–H groups in total. The summed E-state index contributed by atoms with van der Waals surface area (Å²) in [6.45, 7) is 7.76. The molecule has 4 heteroatoms. The van der Waals surface area contributed by atoms with Gasteiger partial charge in [-0.25, -0.2) is 4.98 Å². The Morgan fingerprint density at radius 3 is 2.90 bits per heavy atom. The predicted octanol–water partition coefficient (Wildman–Crippen LogP) is 3.24. The van der Waals surface area contributed by atoms with E-state index in [1.807, 2.05) is 0 Å². The number of fused-ring (bicyclic) bond motifs is 1. The number of aryl methyl sites for hydroxylation is 1. The molecule has 0 fully saturated rings. The van der Waals surface area contributed by atoms with Crippen molar-refractivity contribution in [1.29, 1.82) is 0 Å². The molecule has 0 amide bonds. The quantitative estimate of drug-likeness (QED) is 0.916. The number of nitrogens with zero attached hydrogens (tertiary/aromatic N) is 1. The highest BCUT2D eigenvalue weighted by Crippen LogP contribution is 2.35. The van der Waals surface area contributed by atoms with Gasteiger partial charge in [-0.1, -0.05) is 19.1 Å². The van der Waals surface area contributed by atoms with Crippen LogP contribution in [0.25, 0.3) is 0 Å². The molecule has 3 rings (SSSR count). The van der Waals surface area contributed by atoms with Gasteiger partial charge in [0.15, 0.2) is 0 Å². The zero-order valence-electron chi connectivity index (χ0n) is 12.9. The monoisotopic (exact) mass is 286 g/mol. The van der Waals surface area contributed by atoms with Crippen LogP contribution >= 0.6 is 0 Å². The molecule has 0 unspecified atom stereocenters. The number of rotatable bonds is 5. The van der Waals surface area contributed by atoms with Crippen LogP contribution in [-0.2, 0) is 25.9 Å². The van der Waals surface area contributed by atoms with E-state index in [1.165, 1.54) is 11.1 Å². The molecule has 1 aliphatic heterocycles. The molecule has 1 aromatic heterocycles. The van der Waals surface area contributed by atoms with Gasteiger partial charge in [0, 0.05) is 19.4 Å².